The average Bonchev–Trinajstić information content (AvgIpc) is 2.75. The van der Waals surface area contributed by atoms with Crippen LogP contribution < -0.4 is 15.4 Å². The van der Waals surface area contributed by atoms with Gasteiger partial charge in [0.25, 0.3) is 0 Å². The highest BCUT2D eigenvalue weighted by atomic mass is 35.5. The number of benzene rings is 2. The molecule has 2 N–H and O–H groups in total. The summed E-state index contributed by atoms with van der Waals surface area (Å²) in [5.41, 5.74) is 3.20. The summed E-state index contributed by atoms with van der Waals surface area (Å²) in [6, 6.07) is 16.7. The molecule has 1 aromatic heterocycles. The fourth-order valence-corrected chi connectivity index (χ4v) is 3.33. The molecule has 0 fully saturated rings. The van der Waals surface area contributed by atoms with E-state index in [9.17, 15) is 0 Å². The van der Waals surface area contributed by atoms with Gasteiger partial charge >= 0.3 is 0 Å². The van der Waals surface area contributed by atoms with Gasteiger partial charge in [0.15, 0.2) is 5.11 Å². The van der Waals surface area contributed by atoms with Crippen molar-refractivity contribution in [2.75, 3.05) is 18.5 Å². The maximum absolute atomic E-state index is 8.91. The first-order valence-electron chi connectivity index (χ1n) is 9.14. The molecule has 1 heterocycles. The zero-order chi connectivity index (χ0) is 21.3. The van der Waals surface area contributed by atoms with Crippen molar-refractivity contribution in [1.29, 1.82) is 5.26 Å². The maximum Gasteiger partial charge on any atom is 0.170 e. The monoisotopic (exact) mass is 456 g/mol. The van der Waals surface area contributed by atoms with Gasteiger partial charge in [0.05, 0.1) is 22.2 Å². The molecule has 0 unspecified atom stereocenters. The molecule has 3 aromatic rings. The van der Waals surface area contributed by atoms with Crippen molar-refractivity contribution >= 4 is 46.2 Å². The highest BCUT2D eigenvalue weighted by molar-refractivity contribution is 7.80. The lowest BCUT2D eigenvalue weighted by molar-refractivity contribution is 0.311. The lowest BCUT2D eigenvalue weighted by atomic mass is 10.1. The van der Waals surface area contributed by atoms with Gasteiger partial charge in [-0.2, -0.15) is 5.26 Å². The number of hydrogen-bond acceptors (Lipinski definition) is 4. The van der Waals surface area contributed by atoms with E-state index in [4.69, 9.17) is 45.4 Å². The molecular weight excluding hydrogens is 439 g/mol. The predicted molar refractivity (Wildman–Crippen MR) is 125 cm³/mol. The Bertz CT molecular complexity index is 1070. The molecule has 5 nitrogen and oxygen atoms in total. The third kappa shape index (κ3) is 6.07. The quantitative estimate of drug-likeness (QED) is 0.351. The fourth-order valence-electron chi connectivity index (χ4n) is 2.66. The number of thiocarbonyl (C=S) groups is 1. The van der Waals surface area contributed by atoms with Crippen molar-refractivity contribution in [1.82, 2.24) is 10.3 Å². The van der Waals surface area contributed by atoms with Crippen LogP contribution in [0.1, 0.15) is 12.0 Å². The number of rotatable bonds is 7. The van der Waals surface area contributed by atoms with E-state index in [0.29, 0.717) is 45.3 Å². The van der Waals surface area contributed by atoms with E-state index < -0.39 is 0 Å². The molecule has 0 saturated heterocycles. The minimum atomic E-state index is 0.380. The number of pyridine rings is 1. The Labute approximate surface area is 190 Å². The van der Waals surface area contributed by atoms with Gasteiger partial charge in [0.2, 0.25) is 0 Å². The molecule has 0 bridgehead atoms. The van der Waals surface area contributed by atoms with Crippen molar-refractivity contribution in [3.63, 3.8) is 0 Å². The van der Waals surface area contributed by atoms with E-state index in [2.05, 4.69) is 15.6 Å². The van der Waals surface area contributed by atoms with Gasteiger partial charge in [0, 0.05) is 24.6 Å². The first-order chi connectivity index (χ1) is 14.6. The van der Waals surface area contributed by atoms with E-state index in [1.165, 1.54) is 0 Å². The van der Waals surface area contributed by atoms with E-state index in [-0.39, 0.29) is 0 Å². The van der Waals surface area contributed by atoms with Crippen LogP contribution in [-0.2, 0) is 0 Å². The van der Waals surface area contributed by atoms with Crippen molar-refractivity contribution in [3.8, 4) is 22.9 Å². The highest BCUT2D eigenvalue weighted by Gasteiger charge is 2.06. The van der Waals surface area contributed by atoms with Crippen LogP contribution in [0.25, 0.3) is 11.1 Å². The molecule has 152 valence electrons. The topological polar surface area (TPSA) is 70.0 Å². The number of hydrogen-bond donors (Lipinski definition) is 2. The Hall–Kier alpha value is -2.85. The fraction of sp³-hybridized carbons (Fsp3) is 0.136. The third-order valence-corrected chi connectivity index (χ3v) is 5.01. The number of nitrogens with one attached hydrogen (secondary N) is 2. The summed E-state index contributed by atoms with van der Waals surface area (Å²) in [7, 11) is 0. The number of nitrogens with zero attached hydrogens (tertiary/aromatic N) is 2. The van der Waals surface area contributed by atoms with Gasteiger partial charge in [0.1, 0.15) is 11.8 Å². The molecule has 0 aliphatic carbocycles. The van der Waals surface area contributed by atoms with Gasteiger partial charge in [-0.15, -0.1) is 0 Å². The van der Waals surface area contributed by atoms with Gasteiger partial charge in [-0.1, -0.05) is 29.3 Å². The van der Waals surface area contributed by atoms with Crippen molar-refractivity contribution in [2.45, 2.75) is 6.42 Å². The first-order valence-corrected chi connectivity index (χ1v) is 10.3. The first kappa shape index (κ1) is 21.8. The van der Waals surface area contributed by atoms with Crippen LogP contribution in [0.3, 0.4) is 0 Å². The van der Waals surface area contributed by atoms with Crippen LogP contribution in [0.4, 0.5) is 5.69 Å². The zero-order valence-corrected chi connectivity index (χ0v) is 18.2. The average molecular weight is 457 g/mol. The smallest absolute Gasteiger partial charge is 0.170 e. The third-order valence-electron chi connectivity index (χ3n) is 4.16. The van der Waals surface area contributed by atoms with E-state index in [1.54, 1.807) is 30.6 Å². The second-order valence-corrected chi connectivity index (χ2v) is 7.49. The summed E-state index contributed by atoms with van der Waals surface area (Å²) in [4.78, 5) is 4.02. The summed E-state index contributed by atoms with van der Waals surface area (Å²) in [5, 5.41) is 16.5. The summed E-state index contributed by atoms with van der Waals surface area (Å²) >= 11 is 17.6. The van der Waals surface area contributed by atoms with Gasteiger partial charge < -0.3 is 15.4 Å². The van der Waals surface area contributed by atoms with Gasteiger partial charge in [-0.3, -0.25) is 4.98 Å². The van der Waals surface area contributed by atoms with Crippen LogP contribution in [0.15, 0.2) is 60.9 Å². The van der Waals surface area contributed by atoms with Crippen LogP contribution in [0.5, 0.6) is 5.75 Å². The SMILES string of the molecule is N#Cc1ccc(NC(=S)NCCCOc2ccc(-c3ccncc3)cc2Cl)cc1Cl. The molecular formula is C22H18Cl2N4OS. The summed E-state index contributed by atoms with van der Waals surface area (Å²) in [5.74, 6) is 0.641. The normalized spacial score (nSPS) is 10.2. The molecule has 0 radical (unpaired) electrons. The van der Waals surface area contributed by atoms with Gasteiger partial charge in [-0.05, 0) is 72.2 Å². The minimum Gasteiger partial charge on any atom is -0.492 e. The second kappa shape index (κ2) is 10.8. The summed E-state index contributed by atoms with van der Waals surface area (Å²) in [6.07, 6.45) is 4.23. The largest absolute Gasteiger partial charge is 0.492 e. The molecule has 3 rings (SSSR count). The van der Waals surface area contributed by atoms with Crippen molar-refractivity contribution < 1.29 is 4.74 Å². The molecule has 0 aliphatic rings. The Morgan fingerprint density at radius 3 is 2.53 bits per heavy atom. The van der Waals surface area contributed by atoms with Crippen LogP contribution in [0.2, 0.25) is 10.0 Å². The Morgan fingerprint density at radius 2 is 1.83 bits per heavy atom. The molecule has 8 heteroatoms. The molecule has 30 heavy (non-hydrogen) atoms. The maximum atomic E-state index is 8.91. The lowest BCUT2D eigenvalue weighted by Crippen LogP contribution is -2.30. The summed E-state index contributed by atoms with van der Waals surface area (Å²) < 4.78 is 5.77. The van der Waals surface area contributed by atoms with Crippen LogP contribution in [0, 0.1) is 11.3 Å². The van der Waals surface area contributed by atoms with E-state index in [0.717, 1.165) is 17.5 Å². The van der Waals surface area contributed by atoms with Crippen LogP contribution >= 0.6 is 35.4 Å². The van der Waals surface area contributed by atoms with Crippen molar-refractivity contribution in [2.24, 2.45) is 0 Å². The number of ether oxygens (including phenoxy) is 1. The zero-order valence-electron chi connectivity index (χ0n) is 15.9. The second-order valence-electron chi connectivity index (χ2n) is 6.27. The number of nitriles is 1. The number of halogens is 2. The Morgan fingerprint density at radius 1 is 1.03 bits per heavy atom. The Balaban J connectivity index is 1.41. The van der Waals surface area contributed by atoms with Crippen molar-refractivity contribution in [3.05, 3.63) is 76.5 Å². The minimum absolute atomic E-state index is 0.380. The molecule has 0 atom stereocenters. The standard InChI is InChI=1S/C22H18Cl2N4OS/c23-19-13-18(4-2-17(19)14-25)28-22(30)27-8-1-11-29-21-5-3-16(12-20(21)24)15-6-9-26-10-7-15/h2-7,9-10,12-13H,1,8,11H2,(H2,27,28,30). The molecule has 2 aromatic carbocycles. The molecule has 0 spiro atoms. The molecule has 0 saturated carbocycles. The highest BCUT2D eigenvalue weighted by Crippen LogP contribution is 2.30. The lowest BCUT2D eigenvalue weighted by Gasteiger charge is -2.12. The number of anilines is 1. The van der Waals surface area contributed by atoms with Crippen LogP contribution in [-0.4, -0.2) is 23.2 Å². The van der Waals surface area contributed by atoms with E-state index in [1.807, 2.05) is 36.4 Å². The van der Waals surface area contributed by atoms with E-state index >= 15 is 0 Å². The summed E-state index contributed by atoms with van der Waals surface area (Å²) in [6.45, 7) is 1.12. The van der Waals surface area contributed by atoms with Gasteiger partial charge in [-0.25, -0.2) is 0 Å². The Kier molecular flexibility index (Phi) is 7.86. The number of aromatic nitrogens is 1. The molecule has 0 aliphatic heterocycles. The predicted octanol–water partition coefficient (Wildman–Crippen LogP) is 5.68. The molecule has 0 amide bonds.